The van der Waals surface area contributed by atoms with Gasteiger partial charge >= 0.3 is 6.09 Å². The Bertz CT molecular complexity index is 963. The number of amides is 2. The van der Waals surface area contributed by atoms with Crippen molar-refractivity contribution in [1.29, 1.82) is 0 Å². The van der Waals surface area contributed by atoms with E-state index < -0.39 is 22.0 Å². The summed E-state index contributed by atoms with van der Waals surface area (Å²) in [4.78, 5) is 23.4. The van der Waals surface area contributed by atoms with E-state index in [9.17, 15) is 18.0 Å². The molecule has 0 radical (unpaired) electrons. The van der Waals surface area contributed by atoms with Crippen molar-refractivity contribution in [3.8, 4) is 0 Å². The van der Waals surface area contributed by atoms with Crippen molar-refractivity contribution in [2.75, 3.05) is 35.8 Å². The predicted octanol–water partition coefficient (Wildman–Crippen LogP) is 1.13. The summed E-state index contributed by atoms with van der Waals surface area (Å²) in [5.74, 6) is -0.492. The van der Waals surface area contributed by atoms with Gasteiger partial charge in [0.1, 0.15) is 0 Å². The number of carbonyl (C=O) groups excluding carboxylic acids is 2. The molecule has 0 atom stereocenters. The number of nitrogens with zero attached hydrogens (tertiary/aromatic N) is 2. The van der Waals surface area contributed by atoms with Gasteiger partial charge in [0.25, 0.3) is 5.91 Å². The summed E-state index contributed by atoms with van der Waals surface area (Å²) in [6.07, 6.45) is 0.258. The molecule has 0 saturated heterocycles. The lowest BCUT2D eigenvalue weighted by molar-refractivity contribution is 0.0958. The van der Waals surface area contributed by atoms with Crippen molar-refractivity contribution in [1.82, 2.24) is 15.5 Å². The van der Waals surface area contributed by atoms with Crippen LogP contribution < -0.4 is 20.7 Å². The quantitative estimate of drug-likeness (QED) is 0.569. The highest BCUT2D eigenvalue weighted by Crippen LogP contribution is 2.28. The molecule has 12 heteroatoms. The van der Waals surface area contributed by atoms with E-state index in [2.05, 4.69) is 35.6 Å². The van der Waals surface area contributed by atoms with E-state index in [1.54, 1.807) is 24.3 Å². The van der Waals surface area contributed by atoms with Crippen LogP contribution >= 0.6 is 0 Å². The van der Waals surface area contributed by atoms with Crippen molar-refractivity contribution in [3.05, 3.63) is 36.0 Å². The maximum absolute atomic E-state index is 12.1. The summed E-state index contributed by atoms with van der Waals surface area (Å²) >= 11 is 0. The van der Waals surface area contributed by atoms with Crippen molar-refractivity contribution in [2.24, 2.45) is 0 Å². The van der Waals surface area contributed by atoms with Crippen LogP contribution in [-0.2, 0) is 14.8 Å². The highest BCUT2D eigenvalue weighted by atomic mass is 32.2. The van der Waals surface area contributed by atoms with Crippen LogP contribution in [0.5, 0.6) is 0 Å². The van der Waals surface area contributed by atoms with Crippen LogP contribution in [0.1, 0.15) is 10.5 Å². The van der Waals surface area contributed by atoms with E-state index in [4.69, 9.17) is 0 Å². The number of hydrogen-bond donors (Lipinski definition) is 4. The van der Waals surface area contributed by atoms with Gasteiger partial charge in [0.2, 0.25) is 10.0 Å². The fourth-order valence-electron chi connectivity index (χ4n) is 2.02. The number of hydrogen-bond acceptors (Lipinski definition) is 8. The minimum atomic E-state index is -3.52. The first-order valence-electron chi connectivity index (χ1n) is 7.52. The zero-order valence-corrected chi connectivity index (χ0v) is 15.5. The monoisotopic (exact) mass is 394 g/mol. The van der Waals surface area contributed by atoms with Gasteiger partial charge in [-0.15, -0.1) is 10.2 Å². The van der Waals surface area contributed by atoms with Gasteiger partial charge in [-0.3, -0.25) is 14.8 Å². The number of methoxy groups -OCH3 is 1. The molecule has 4 N–H and O–H groups in total. The average molecular weight is 394 g/mol. The highest BCUT2D eigenvalue weighted by Gasteiger charge is 2.17. The van der Waals surface area contributed by atoms with Gasteiger partial charge in [-0.25, -0.2) is 13.2 Å². The fourth-order valence-corrected chi connectivity index (χ4v) is 2.59. The summed E-state index contributed by atoms with van der Waals surface area (Å²) in [6, 6.07) is 7.84. The Kier molecular flexibility index (Phi) is 6.13. The normalized spacial score (nSPS) is 10.6. The third-order valence-corrected chi connectivity index (χ3v) is 3.73. The molecule has 0 aliphatic rings. The zero-order valence-electron chi connectivity index (χ0n) is 14.7. The summed E-state index contributed by atoms with van der Waals surface area (Å²) in [7, 11) is -0.909. The molecule has 0 aliphatic heterocycles. The van der Waals surface area contributed by atoms with Crippen LogP contribution in [-0.4, -0.2) is 51.0 Å². The largest absolute Gasteiger partial charge is 0.453 e. The van der Waals surface area contributed by atoms with Crippen molar-refractivity contribution in [2.45, 2.75) is 0 Å². The highest BCUT2D eigenvalue weighted by molar-refractivity contribution is 7.92. The molecule has 0 unspecified atom stereocenters. The molecule has 0 aliphatic carbocycles. The Hall–Kier alpha value is -3.41. The van der Waals surface area contributed by atoms with Crippen LogP contribution in [0.25, 0.3) is 0 Å². The minimum Gasteiger partial charge on any atom is -0.453 e. The van der Waals surface area contributed by atoms with E-state index in [-0.39, 0.29) is 22.9 Å². The first kappa shape index (κ1) is 19.9. The van der Waals surface area contributed by atoms with Crippen LogP contribution in [0.4, 0.5) is 27.7 Å². The second-order valence-electron chi connectivity index (χ2n) is 5.23. The molecule has 0 fully saturated rings. The Balaban J connectivity index is 2.45. The first-order valence-corrected chi connectivity index (χ1v) is 9.41. The lowest BCUT2D eigenvalue weighted by Gasteiger charge is -2.15. The number of rotatable bonds is 6. The summed E-state index contributed by atoms with van der Waals surface area (Å²) < 4.78 is 30.0. The standard InChI is InChI=1S/C15H18N6O5S/c1-16-14(22)13-11(8-12(19-20-13)18-15(23)26-2)17-9-6-4-5-7-10(9)21-27(3,24)25/h4-8,21H,1-3H3,(H,16,22)(H2,17,18,19,23). The van der Waals surface area contributed by atoms with Gasteiger partial charge in [0.15, 0.2) is 11.5 Å². The van der Waals surface area contributed by atoms with E-state index in [0.717, 1.165) is 6.26 Å². The second kappa shape index (κ2) is 8.31. The molecule has 0 spiro atoms. The topological polar surface area (TPSA) is 151 Å². The van der Waals surface area contributed by atoms with Gasteiger partial charge in [0.05, 0.1) is 30.4 Å². The maximum Gasteiger partial charge on any atom is 0.412 e. The lowest BCUT2D eigenvalue weighted by atomic mass is 10.2. The molecule has 2 rings (SSSR count). The smallest absolute Gasteiger partial charge is 0.412 e. The Morgan fingerprint density at radius 1 is 1.07 bits per heavy atom. The third kappa shape index (κ3) is 5.54. The molecule has 11 nitrogen and oxygen atoms in total. The Morgan fingerprint density at radius 2 is 1.74 bits per heavy atom. The number of carbonyl (C=O) groups is 2. The Morgan fingerprint density at radius 3 is 2.33 bits per heavy atom. The van der Waals surface area contributed by atoms with Crippen molar-refractivity contribution >= 4 is 44.9 Å². The Labute approximate surface area is 155 Å². The van der Waals surface area contributed by atoms with Crippen LogP contribution in [0, 0.1) is 0 Å². The predicted molar refractivity (Wildman–Crippen MR) is 99.6 cm³/mol. The van der Waals surface area contributed by atoms with E-state index in [1.807, 2.05) is 0 Å². The molecule has 1 heterocycles. The van der Waals surface area contributed by atoms with Gasteiger partial charge in [-0.05, 0) is 12.1 Å². The molecule has 1 aromatic carbocycles. The molecule has 144 valence electrons. The summed E-state index contributed by atoms with van der Waals surface area (Å²) in [5.41, 5.74) is 0.771. The van der Waals surface area contributed by atoms with E-state index >= 15 is 0 Å². The third-order valence-electron chi connectivity index (χ3n) is 3.14. The lowest BCUT2D eigenvalue weighted by Crippen LogP contribution is -2.22. The average Bonchev–Trinajstić information content (AvgIpc) is 2.61. The summed E-state index contributed by atoms with van der Waals surface area (Å²) in [6.45, 7) is 0. The van der Waals surface area contributed by atoms with Crippen LogP contribution in [0.2, 0.25) is 0 Å². The molecule has 27 heavy (non-hydrogen) atoms. The second-order valence-corrected chi connectivity index (χ2v) is 6.98. The molecular formula is C15H18N6O5S. The molecular weight excluding hydrogens is 376 g/mol. The minimum absolute atomic E-state index is 0.0329. The number of sulfonamides is 1. The molecule has 2 amide bonds. The van der Waals surface area contributed by atoms with E-state index in [0.29, 0.717) is 5.69 Å². The molecule has 0 saturated carbocycles. The SMILES string of the molecule is CNC(=O)c1nnc(NC(=O)OC)cc1Nc1ccccc1NS(C)(=O)=O. The number of anilines is 4. The van der Waals surface area contributed by atoms with Crippen molar-refractivity contribution < 1.29 is 22.7 Å². The fraction of sp³-hybridized carbons (Fsp3) is 0.200. The van der Waals surface area contributed by atoms with E-state index in [1.165, 1.54) is 20.2 Å². The number of aromatic nitrogens is 2. The maximum atomic E-state index is 12.1. The molecule has 0 bridgehead atoms. The number of ether oxygens (including phenoxy) is 1. The number of benzene rings is 1. The first-order chi connectivity index (χ1) is 12.7. The van der Waals surface area contributed by atoms with Crippen LogP contribution in [0.15, 0.2) is 30.3 Å². The number of para-hydroxylation sites is 2. The zero-order chi connectivity index (χ0) is 20.0. The summed E-state index contributed by atoms with van der Waals surface area (Å²) in [5, 5.41) is 15.2. The molecule has 1 aromatic heterocycles. The number of nitrogens with one attached hydrogen (secondary N) is 4. The van der Waals surface area contributed by atoms with Gasteiger partial charge < -0.3 is 15.4 Å². The van der Waals surface area contributed by atoms with Gasteiger partial charge in [-0.2, -0.15) is 0 Å². The van der Waals surface area contributed by atoms with Gasteiger partial charge in [-0.1, -0.05) is 12.1 Å². The molecule has 2 aromatic rings. The van der Waals surface area contributed by atoms with Crippen LogP contribution in [0.3, 0.4) is 0 Å². The van der Waals surface area contributed by atoms with Gasteiger partial charge in [0, 0.05) is 13.1 Å². The van der Waals surface area contributed by atoms with Crippen molar-refractivity contribution in [3.63, 3.8) is 0 Å².